The van der Waals surface area contributed by atoms with Crippen LogP contribution >= 0.6 is 22.7 Å². The lowest BCUT2D eigenvalue weighted by Gasteiger charge is -2.27. The molecule has 0 atom stereocenters. The summed E-state index contributed by atoms with van der Waals surface area (Å²) in [6.45, 7) is 3.47. The van der Waals surface area contributed by atoms with Crippen LogP contribution in [-0.4, -0.2) is 50.0 Å². The van der Waals surface area contributed by atoms with E-state index in [9.17, 15) is 4.79 Å². The number of morpholine rings is 1. The molecule has 0 aliphatic carbocycles. The Labute approximate surface area is 164 Å². The molecule has 2 aromatic heterocycles. The fourth-order valence-corrected chi connectivity index (χ4v) is 4.47. The molecule has 3 heterocycles. The predicted molar refractivity (Wildman–Crippen MR) is 111 cm³/mol. The molecule has 0 bridgehead atoms. The number of nitrogens with one attached hydrogen (secondary N) is 2. The molecule has 1 aliphatic heterocycles. The van der Waals surface area contributed by atoms with Crippen molar-refractivity contribution in [3.8, 4) is 0 Å². The largest absolute Gasteiger partial charge is 0.378 e. The summed E-state index contributed by atoms with van der Waals surface area (Å²) in [4.78, 5) is 19.7. The number of benzene rings is 1. The third-order valence-electron chi connectivity index (χ3n) is 4.01. The van der Waals surface area contributed by atoms with Gasteiger partial charge in [-0.2, -0.15) is 5.10 Å². The number of rotatable bonds is 6. The summed E-state index contributed by atoms with van der Waals surface area (Å²) in [6, 6.07) is 12.0. The van der Waals surface area contributed by atoms with Gasteiger partial charge in [-0.3, -0.25) is 4.79 Å². The Morgan fingerprint density at radius 3 is 2.93 bits per heavy atom. The van der Waals surface area contributed by atoms with Crippen LogP contribution in [0.4, 0.5) is 10.1 Å². The van der Waals surface area contributed by atoms with Gasteiger partial charge >= 0.3 is 0 Å². The van der Waals surface area contributed by atoms with E-state index in [1.54, 1.807) is 17.6 Å². The summed E-state index contributed by atoms with van der Waals surface area (Å²) in [5, 5.41) is 9.00. The number of hydrogen-bond acceptors (Lipinski definition) is 8. The monoisotopic (exact) mass is 401 g/mol. The van der Waals surface area contributed by atoms with Crippen LogP contribution in [0.3, 0.4) is 0 Å². The highest BCUT2D eigenvalue weighted by atomic mass is 32.1. The molecular formula is C18H19N5O2S2. The Hall–Kier alpha value is -2.49. The Balaban J connectivity index is 1.25. The normalized spacial score (nSPS) is 14.7. The van der Waals surface area contributed by atoms with Gasteiger partial charge in [0.2, 0.25) is 0 Å². The highest BCUT2D eigenvalue weighted by Gasteiger charge is 2.12. The average molecular weight is 402 g/mol. The molecule has 4 rings (SSSR count). The maximum atomic E-state index is 11.9. The van der Waals surface area contributed by atoms with Crippen LogP contribution in [0.2, 0.25) is 0 Å². The van der Waals surface area contributed by atoms with Crippen LogP contribution in [0, 0.1) is 0 Å². The van der Waals surface area contributed by atoms with Crippen molar-refractivity contribution < 1.29 is 9.53 Å². The topological polar surface area (TPSA) is 78.8 Å². The van der Waals surface area contributed by atoms with Gasteiger partial charge in [0.25, 0.3) is 5.91 Å². The molecule has 1 aliphatic rings. The van der Waals surface area contributed by atoms with Gasteiger partial charge in [-0.25, -0.2) is 10.4 Å². The van der Waals surface area contributed by atoms with E-state index >= 15 is 0 Å². The van der Waals surface area contributed by atoms with Gasteiger partial charge in [-0.05, 0) is 24.3 Å². The van der Waals surface area contributed by atoms with Crippen molar-refractivity contribution in [2.75, 3.05) is 43.1 Å². The summed E-state index contributed by atoms with van der Waals surface area (Å²) in [6.07, 6.45) is 1.67. The molecule has 1 amide bonds. The molecule has 0 spiro atoms. The number of thiophene rings is 1. The molecule has 0 saturated carbocycles. The number of fused-ring (bicyclic) bond motifs is 1. The Morgan fingerprint density at radius 1 is 1.22 bits per heavy atom. The lowest BCUT2D eigenvalue weighted by atomic mass is 10.3. The van der Waals surface area contributed by atoms with Crippen LogP contribution in [0.15, 0.2) is 41.5 Å². The van der Waals surface area contributed by atoms with Crippen molar-refractivity contribution in [3.63, 3.8) is 0 Å². The second-order valence-corrected chi connectivity index (χ2v) is 8.03. The van der Waals surface area contributed by atoms with E-state index in [4.69, 9.17) is 4.74 Å². The molecule has 3 aromatic rings. The standard InChI is InChI=1S/C18H19N5O2S2/c24-16(12-19-18-21-14-3-1-2-4-15(14)27-18)22-20-11-13-5-6-17(26-13)23-7-9-25-10-8-23/h1-6,11H,7-10,12H2,(H,19,21)(H,22,24)/b20-11-. The number of anilines is 2. The van der Waals surface area contributed by atoms with Gasteiger partial charge in [0.05, 0.1) is 41.2 Å². The Morgan fingerprint density at radius 2 is 2.07 bits per heavy atom. The zero-order chi connectivity index (χ0) is 18.5. The number of hydrazone groups is 1. The van der Waals surface area contributed by atoms with E-state index in [0.717, 1.165) is 46.5 Å². The second-order valence-electron chi connectivity index (χ2n) is 5.91. The van der Waals surface area contributed by atoms with Crippen molar-refractivity contribution in [1.82, 2.24) is 10.4 Å². The number of carbonyl (C=O) groups is 1. The molecular weight excluding hydrogens is 382 g/mol. The molecule has 1 aromatic carbocycles. The first-order valence-corrected chi connectivity index (χ1v) is 10.2. The first-order valence-electron chi connectivity index (χ1n) is 8.62. The maximum absolute atomic E-state index is 11.9. The molecule has 7 nitrogen and oxygen atoms in total. The smallest absolute Gasteiger partial charge is 0.259 e. The van der Waals surface area contributed by atoms with Gasteiger partial charge in [0.1, 0.15) is 0 Å². The van der Waals surface area contributed by atoms with Crippen molar-refractivity contribution in [1.29, 1.82) is 0 Å². The summed E-state index contributed by atoms with van der Waals surface area (Å²) in [5.74, 6) is -0.213. The van der Waals surface area contributed by atoms with Gasteiger partial charge < -0.3 is 15.0 Å². The van der Waals surface area contributed by atoms with Crippen LogP contribution in [-0.2, 0) is 9.53 Å². The number of ether oxygens (including phenoxy) is 1. The number of hydrogen-bond donors (Lipinski definition) is 2. The molecule has 2 N–H and O–H groups in total. The zero-order valence-corrected chi connectivity index (χ0v) is 16.2. The third kappa shape index (κ3) is 4.62. The highest BCUT2D eigenvalue weighted by molar-refractivity contribution is 7.22. The number of para-hydroxylation sites is 1. The SMILES string of the molecule is O=C(CNc1nc2ccccc2s1)N/N=C\c1ccc(N2CCOCC2)s1. The molecule has 9 heteroatoms. The summed E-state index contributed by atoms with van der Waals surface area (Å²) in [7, 11) is 0. The van der Waals surface area contributed by atoms with Crippen molar-refractivity contribution in [2.45, 2.75) is 0 Å². The van der Waals surface area contributed by atoms with E-state index in [0.29, 0.717) is 0 Å². The van der Waals surface area contributed by atoms with E-state index in [1.807, 2.05) is 30.3 Å². The number of aromatic nitrogens is 1. The van der Waals surface area contributed by atoms with E-state index in [1.165, 1.54) is 16.3 Å². The number of amides is 1. The number of nitrogens with zero attached hydrogens (tertiary/aromatic N) is 3. The molecule has 1 fully saturated rings. The third-order valence-corrected chi connectivity index (χ3v) is 6.09. The minimum atomic E-state index is -0.213. The molecule has 140 valence electrons. The van der Waals surface area contributed by atoms with Gasteiger partial charge in [-0.15, -0.1) is 11.3 Å². The van der Waals surface area contributed by atoms with E-state index in [2.05, 4.69) is 31.8 Å². The minimum absolute atomic E-state index is 0.126. The predicted octanol–water partition coefficient (Wildman–Crippen LogP) is 2.76. The van der Waals surface area contributed by atoms with Crippen molar-refractivity contribution in [3.05, 3.63) is 41.3 Å². The quantitative estimate of drug-likeness (QED) is 0.491. The van der Waals surface area contributed by atoms with Crippen molar-refractivity contribution >= 4 is 55.1 Å². The first kappa shape index (κ1) is 17.9. The lowest BCUT2D eigenvalue weighted by molar-refractivity contribution is -0.119. The lowest BCUT2D eigenvalue weighted by Crippen LogP contribution is -2.35. The van der Waals surface area contributed by atoms with E-state index in [-0.39, 0.29) is 12.5 Å². The van der Waals surface area contributed by atoms with Gasteiger partial charge in [0, 0.05) is 18.0 Å². The Kier molecular flexibility index (Phi) is 5.61. The van der Waals surface area contributed by atoms with Crippen molar-refractivity contribution in [2.24, 2.45) is 5.10 Å². The van der Waals surface area contributed by atoms with Gasteiger partial charge in [0.15, 0.2) is 5.13 Å². The zero-order valence-electron chi connectivity index (χ0n) is 14.6. The second kappa shape index (κ2) is 8.47. The minimum Gasteiger partial charge on any atom is -0.378 e. The van der Waals surface area contributed by atoms with Crippen LogP contribution < -0.4 is 15.6 Å². The van der Waals surface area contributed by atoms with Crippen LogP contribution in [0.5, 0.6) is 0 Å². The summed E-state index contributed by atoms with van der Waals surface area (Å²) in [5.41, 5.74) is 3.47. The first-order chi connectivity index (χ1) is 13.3. The average Bonchev–Trinajstić information content (AvgIpc) is 3.34. The fourth-order valence-electron chi connectivity index (χ4n) is 2.68. The fraction of sp³-hybridized carbons (Fsp3) is 0.278. The number of thiazole rings is 1. The number of carbonyl (C=O) groups excluding carboxylic acids is 1. The maximum Gasteiger partial charge on any atom is 0.259 e. The van der Waals surface area contributed by atoms with Crippen LogP contribution in [0.1, 0.15) is 4.88 Å². The Bertz CT molecular complexity index is 913. The summed E-state index contributed by atoms with van der Waals surface area (Å²) >= 11 is 3.17. The van der Waals surface area contributed by atoms with E-state index < -0.39 is 0 Å². The highest BCUT2D eigenvalue weighted by Crippen LogP contribution is 2.26. The molecule has 0 radical (unpaired) electrons. The summed E-state index contributed by atoms with van der Waals surface area (Å²) < 4.78 is 6.46. The molecule has 0 unspecified atom stereocenters. The molecule has 27 heavy (non-hydrogen) atoms. The van der Waals surface area contributed by atoms with Crippen LogP contribution in [0.25, 0.3) is 10.2 Å². The van der Waals surface area contributed by atoms with Gasteiger partial charge in [-0.1, -0.05) is 23.5 Å². The molecule has 1 saturated heterocycles.